The van der Waals surface area contributed by atoms with E-state index in [9.17, 15) is 8.42 Å². The number of halogens is 1. The predicted octanol–water partition coefficient (Wildman–Crippen LogP) is 1.19. The molecule has 1 aliphatic carbocycles. The summed E-state index contributed by atoms with van der Waals surface area (Å²) >= 11 is 5.41. The fourth-order valence-electron chi connectivity index (χ4n) is 1.23. The molecule has 0 aliphatic heterocycles. The summed E-state index contributed by atoms with van der Waals surface area (Å²) in [5.41, 5.74) is 0. The standard InChI is InChI=1S/C8H16ClNO2S/c1-7-5-8(7)6-10-13(11,12)4-2-3-9/h7-8,10H,2-6H2,1H3. The Morgan fingerprint density at radius 2 is 2.15 bits per heavy atom. The number of hydrogen-bond acceptors (Lipinski definition) is 2. The summed E-state index contributed by atoms with van der Waals surface area (Å²) in [6.45, 7) is 2.74. The van der Waals surface area contributed by atoms with Crippen molar-refractivity contribution in [3.8, 4) is 0 Å². The molecule has 0 aromatic rings. The van der Waals surface area contributed by atoms with Crippen molar-refractivity contribution in [1.82, 2.24) is 4.72 Å². The van der Waals surface area contributed by atoms with Gasteiger partial charge in [-0.1, -0.05) is 6.92 Å². The topological polar surface area (TPSA) is 46.2 Å². The van der Waals surface area contributed by atoms with Gasteiger partial charge in [0.05, 0.1) is 5.75 Å². The van der Waals surface area contributed by atoms with Gasteiger partial charge in [0.15, 0.2) is 0 Å². The van der Waals surface area contributed by atoms with E-state index in [4.69, 9.17) is 11.6 Å². The third-order valence-electron chi connectivity index (χ3n) is 2.39. The summed E-state index contributed by atoms with van der Waals surface area (Å²) in [7, 11) is -3.06. The predicted molar refractivity (Wildman–Crippen MR) is 54.4 cm³/mol. The normalized spacial score (nSPS) is 27.5. The van der Waals surface area contributed by atoms with Crippen LogP contribution in [0, 0.1) is 11.8 Å². The van der Waals surface area contributed by atoms with Gasteiger partial charge in [-0.25, -0.2) is 13.1 Å². The van der Waals surface area contributed by atoms with Gasteiger partial charge in [-0.15, -0.1) is 11.6 Å². The first-order chi connectivity index (χ1) is 6.05. The van der Waals surface area contributed by atoms with Crippen LogP contribution in [-0.2, 0) is 10.0 Å². The molecule has 0 radical (unpaired) electrons. The quantitative estimate of drug-likeness (QED) is 0.691. The molecule has 0 aromatic heterocycles. The van der Waals surface area contributed by atoms with Gasteiger partial charge in [-0.3, -0.25) is 0 Å². The summed E-state index contributed by atoms with van der Waals surface area (Å²) < 4.78 is 25.1. The van der Waals surface area contributed by atoms with Gasteiger partial charge in [0.1, 0.15) is 0 Å². The molecule has 2 atom stereocenters. The lowest BCUT2D eigenvalue weighted by Gasteiger charge is -2.04. The van der Waals surface area contributed by atoms with Crippen molar-refractivity contribution in [1.29, 1.82) is 0 Å². The fourth-order valence-corrected chi connectivity index (χ4v) is 2.66. The highest BCUT2D eigenvalue weighted by molar-refractivity contribution is 7.89. The number of hydrogen-bond donors (Lipinski definition) is 1. The zero-order valence-corrected chi connectivity index (χ0v) is 9.37. The smallest absolute Gasteiger partial charge is 0.211 e. The van der Waals surface area contributed by atoms with Crippen LogP contribution < -0.4 is 4.72 Å². The first kappa shape index (κ1) is 11.3. The number of alkyl halides is 1. The van der Waals surface area contributed by atoms with Crippen molar-refractivity contribution in [2.24, 2.45) is 11.8 Å². The van der Waals surface area contributed by atoms with Crippen molar-refractivity contribution >= 4 is 21.6 Å². The highest BCUT2D eigenvalue weighted by Crippen LogP contribution is 2.36. The van der Waals surface area contributed by atoms with Crippen LogP contribution in [0.3, 0.4) is 0 Å². The third-order valence-corrected chi connectivity index (χ3v) is 4.09. The van der Waals surface area contributed by atoms with Crippen LogP contribution in [0.2, 0.25) is 0 Å². The van der Waals surface area contributed by atoms with E-state index in [1.165, 1.54) is 0 Å². The first-order valence-electron chi connectivity index (χ1n) is 4.58. The summed E-state index contributed by atoms with van der Waals surface area (Å²) in [5.74, 6) is 1.81. The number of nitrogens with one attached hydrogen (secondary N) is 1. The molecule has 0 heterocycles. The second-order valence-electron chi connectivity index (χ2n) is 3.68. The molecule has 0 aromatic carbocycles. The van der Waals surface area contributed by atoms with Crippen LogP contribution in [0.4, 0.5) is 0 Å². The van der Waals surface area contributed by atoms with Gasteiger partial charge in [-0.05, 0) is 24.7 Å². The van der Waals surface area contributed by atoms with E-state index in [2.05, 4.69) is 11.6 Å². The minimum atomic E-state index is -3.06. The van der Waals surface area contributed by atoms with E-state index in [-0.39, 0.29) is 5.75 Å². The summed E-state index contributed by atoms with van der Waals surface area (Å²) in [4.78, 5) is 0. The molecule has 1 saturated carbocycles. The van der Waals surface area contributed by atoms with E-state index >= 15 is 0 Å². The SMILES string of the molecule is CC1CC1CNS(=O)(=O)CCCCl. The number of sulfonamides is 1. The van der Waals surface area contributed by atoms with Gasteiger partial charge < -0.3 is 0 Å². The van der Waals surface area contributed by atoms with Crippen molar-refractivity contribution < 1.29 is 8.42 Å². The van der Waals surface area contributed by atoms with E-state index in [0.717, 1.165) is 6.42 Å². The minimum Gasteiger partial charge on any atom is -0.215 e. The highest BCUT2D eigenvalue weighted by Gasteiger charge is 2.32. The van der Waals surface area contributed by atoms with Gasteiger partial charge in [0.25, 0.3) is 0 Å². The van der Waals surface area contributed by atoms with Crippen LogP contribution >= 0.6 is 11.6 Å². The Balaban J connectivity index is 2.18. The molecular weight excluding hydrogens is 210 g/mol. The van der Waals surface area contributed by atoms with Gasteiger partial charge in [-0.2, -0.15) is 0 Å². The molecule has 5 heteroatoms. The largest absolute Gasteiger partial charge is 0.215 e. The minimum absolute atomic E-state index is 0.150. The highest BCUT2D eigenvalue weighted by atomic mass is 35.5. The van der Waals surface area contributed by atoms with E-state index in [0.29, 0.717) is 30.7 Å². The van der Waals surface area contributed by atoms with Crippen molar-refractivity contribution in [3.05, 3.63) is 0 Å². The summed E-state index contributed by atoms with van der Waals surface area (Å²) in [6.07, 6.45) is 1.68. The molecule has 78 valence electrons. The molecule has 1 rings (SSSR count). The lowest BCUT2D eigenvalue weighted by atomic mass is 10.3. The molecule has 1 fully saturated rings. The van der Waals surface area contributed by atoms with E-state index < -0.39 is 10.0 Å². The van der Waals surface area contributed by atoms with Gasteiger partial charge in [0, 0.05) is 12.4 Å². The summed E-state index contributed by atoms with van der Waals surface area (Å²) in [6, 6.07) is 0. The van der Waals surface area contributed by atoms with E-state index in [1.54, 1.807) is 0 Å². The maximum atomic E-state index is 11.3. The lowest BCUT2D eigenvalue weighted by Crippen LogP contribution is -2.28. The molecule has 2 unspecified atom stereocenters. The van der Waals surface area contributed by atoms with Crippen LogP contribution in [0.1, 0.15) is 19.8 Å². The van der Waals surface area contributed by atoms with Gasteiger partial charge in [0.2, 0.25) is 10.0 Å². The molecule has 1 aliphatic rings. The maximum absolute atomic E-state index is 11.3. The lowest BCUT2D eigenvalue weighted by molar-refractivity contribution is 0.573. The summed E-state index contributed by atoms with van der Waals surface area (Å²) in [5, 5.41) is 0. The Kier molecular flexibility index (Phi) is 4.01. The Labute approximate surface area is 84.9 Å². The maximum Gasteiger partial charge on any atom is 0.211 e. The van der Waals surface area contributed by atoms with Crippen molar-refractivity contribution in [3.63, 3.8) is 0 Å². The molecule has 0 spiro atoms. The third kappa shape index (κ3) is 4.29. The van der Waals surface area contributed by atoms with Crippen LogP contribution in [-0.4, -0.2) is 26.6 Å². The second kappa shape index (κ2) is 4.62. The van der Waals surface area contributed by atoms with Crippen molar-refractivity contribution in [2.45, 2.75) is 19.8 Å². The zero-order valence-electron chi connectivity index (χ0n) is 7.79. The molecule has 13 heavy (non-hydrogen) atoms. The monoisotopic (exact) mass is 225 g/mol. The molecule has 0 amide bonds. The number of rotatable bonds is 6. The molecule has 0 saturated heterocycles. The molecule has 1 N–H and O–H groups in total. The fraction of sp³-hybridized carbons (Fsp3) is 1.00. The zero-order chi connectivity index (χ0) is 9.90. The molecule has 3 nitrogen and oxygen atoms in total. The first-order valence-corrected chi connectivity index (χ1v) is 6.77. The van der Waals surface area contributed by atoms with Crippen molar-refractivity contribution in [2.75, 3.05) is 18.2 Å². The van der Waals surface area contributed by atoms with E-state index in [1.807, 2.05) is 0 Å². The van der Waals surface area contributed by atoms with Crippen LogP contribution in [0.15, 0.2) is 0 Å². The average Bonchev–Trinajstić information content (AvgIpc) is 2.76. The molecule has 0 bridgehead atoms. The second-order valence-corrected chi connectivity index (χ2v) is 5.99. The Morgan fingerprint density at radius 1 is 1.54 bits per heavy atom. The van der Waals surface area contributed by atoms with Gasteiger partial charge >= 0.3 is 0 Å². The Bertz CT molecular complexity index is 253. The average molecular weight is 226 g/mol. The Morgan fingerprint density at radius 3 is 2.62 bits per heavy atom. The molecular formula is C8H16ClNO2S. The van der Waals surface area contributed by atoms with Crippen LogP contribution in [0.25, 0.3) is 0 Å². The van der Waals surface area contributed by atoms with Crippen LogP contribution in [0.5, 0.6) is 0 Å². The Hall–Kier alpha value is 0.200.